The predicted molar refractivity (Wildman–Crippen MR) is 158 cm³/mol. The molecule has 2 heterocycles. The van der Waals surface area contributed by atoms with Crippen LogP contribution >= 0.6 is 0 Å². The highest BCUT2D eigenvalue weighted by Gasteiger charge is 2.23. The zero-order valence-corrected chi connectivity index (χ0v) is 24.7. The minimum Gasteiger partial charge on any atom is -0.492 e. The fourth-order valence-corrected chi connectivity index (χ4v) is 4.48. The molecule has 0 aliphatic heterocycles. The van der Waals surface area contributed by atoms with Crippen LogP contribution in [0.1, 0.15) is 42.3 Å². The SMILES string of the molecule is COc1c(NC(=O)c2ccc(C)c(-n3cc(OC(=O)Nc4ccncc4)nn3)c2)cc(C(C)(C)C)cc1NS(C)(=O)=O. The normalized spacial score (nSPS) is 11.5. The van der Waals surface area contributed by atoms with E-state index in [0.717, 1.165) is 17.4 Å². The van der Waals surface area contributed by atoms with Crippen LogP contribution in [-0.2, 0) is 15.4 Å². The van der Waals surface area contributed by atoms with Crippen molar-refractivity contribution in [1.82, 2.24) is 20.0 Å². The van der Waals surface area contributed by atoms with E-state index in [2.05, 4.69) is 30.7 Å². The number of anilines is 3. The first kappa shape index (κ1) is 30.0. The summed E-state index contributed by atoms with van der Waals surface area (Å²) in [4.78, 5) is 29.5. The van der Waals surface area contributed by atoms with Crippen molar-refractivity contribution < 1.29 is 27.5 Å². The molecule has 42 heavy (non-hydrogen) atoms. The lowest BCUT2D eigenvalue weighted by atomic mass is 9.86. The lowest BCUT2D eigenvalue weighted by Gasteiger charge is -2.24. The van der Waals surface area contributed by atoms with Gasteiger partial charge >= 0.3 is 6.09 Å². The minimum atomic E-state index is -3.63. The average Bonchev–Trinajstić information content (AvgIpc) is 3.35. The molecule has 13 nitrogen and oxygen atoms in total. The Kier molecular flexibility index (Phi) is 8.47. The number of methoxy groups -OCH3 is 1. The third-order valence-electron chi connectivity index (χ3n) is 6.02. The molecule has 0 atom stereocenters. The van der Waals surface area contributed by atoms with Crippen molar-refractivity contribution >= 4 is 39.1 Å². The maximum atomic E-state index is 13.4. The Morgan fingerprint density at radius 2 is 1.67 bits per heavy atom. The monoisotopic (exact) mass is 593 g/mol. The first-order valence-electron chi connectivity index (χ1n) is 12.7. The van der Waals surface area contributed by atoms with Gasteiger partial charge in [-0.2, -0.15) is 0 Å². The number of aryl methyl sites for hydroxylation is 1. The van der Waals surface area contributed by atoms with E-state index in [1.165, 1.54) is 30.4 Å². The van der Waals surface area contributed by atoms with Crippen LogP contribution in [-0.4, -0.2) is 53.8 Å². The Labute approximate surface area is 243 Å². The predicted octanol–water partition coefficient (Wildman–Crippen LogP) is 4.51. The molecule has 0 bridgehead atoms. The average molecular weight is 594 g/mol. The van der Waals surface area contributed by atoms with Gasteiger partial charge in [-0.25, -0.2) is 17.9 Å². The molecule has 0 aliphatic carbocycles. The third-order valence-corrected chi connectivity index (χ3v) is 6.61. The molecule has 2 aromatic heterocycles. The van der Waals surface area contributed by atoms with Gasteiger partial charge in [-0.05, 0) is 59.9 Å². The van der Waals surface area contributed by atoms with Gasteiger partial charge in [0.15, 0.2) is 5.75 Å². The van der Waals surface area contributed by atoms with Crippen LogP contribution in [0.5, 0.6) is 11.6 Å². The van der Waals surface area contributed by atoms with Crippen LogP contribution in [0.3, 0.4) is 0 Å². The summed E-state index contributed by atoms with van der Waals surface area (Å²) in [6.45, 7) is 7.73. The number of nitrogens with zero attached hydrogens (tertiary/aromatic N) is 4. The Morgan fingerprint density at radius 3 is 2.31 bits per heavy atom. The Bertz CT molecular complexity index is 1730. The number of carbonyl (C=O) groups excluding carboxylic acids is 2. The van der Waals surface area contributed by atoms with Gasteiger partial charge in [-0.1, -0.05) is 37.1 Å². The van der Waals surface area contributed by atoms with Gasteiger partial charge in [0, 0.05) is 23.6 Å². The number of sulfonamides is 1. The number of pyridine rings is 1. The fraction of sp³-hybridized carbons (Fsp3) is 0.250. The van der Waals surface area contributed by atoms with Gasteiger partial charge in [0.1, 0.15) is 0 Å². The molecule has 4 aromatic rings. The summed E-state index contributed by atoms with van der Waals surface area (Å²) in [6.07, 6.45) is 4.75. The molecule has 0 aliphatic rings. The molecule has 3 N–H and O–H groups in total. The maximum absolute atomic E-state index is 13.4. The quantitative estimate of drug-likeness (QED) is 0.266. The Balaban J connectivity index is 1.59. The highest BCUT2D eigenvalue weighted by atomic mass is 32.2. The summed E-state index contributed by atoms with van der Waals surface area (Å²) in [5, 5.41) is 13.3. The molecule has 0 unspecified atom stereocenters. The van der Waals surface area contributed by atoms with E-state index in [1.807, 2.05) is 27.7 Å². The van der Waals surface area contributed by atoms with E-state index >= 15 is 0 Å². The van der Waals surface area contributed by atoms with E-state index < -0.39 is 22.0 Å². The second-order valence-electron chi connectivity index (χ2n) is 10.4. The highest BCUT2D eigenvalue weighted by molar-refractivity contribution is 7.92. The molecule has 0 fully saturated rings. The van der Waals surface area contributed by atoms with Gasteiger partial charge < -0.3 is 14.8 Å². The van der Waals surface area contributed by atoms with Crippen LogP contribution in [0.4, 0.5) is 21.9 Å². The van der Waals surface area contributed by atoms with E-state index in [9.17, 15) is 18.0 Å². The van der Waals surface area contributed by atoms with Crippen molar-refractivity contribution in [3.05, 3.63) is 77.7 Å². The maximum Gasteiger partial charge on any atom is 0.418 e. The zero-order valence-electron chi connectivity index (χ0n) is 23.9. The van der Waals surface area contributed by atoms with Crippen LogP contribution in [0, 0.1) is 6.92 Å². The summed E-state index contributed by atoms with van der Waals surface area (Å²) in [6, 6.07) is 11.6. The smallest absolute Gasteiger partial charge is 0.418 e. The molecule has 0 saturated carbocycles. The standard InChI is InChI=1S/C28H31N7O6S/c1-17-7-8-18(13-23(17)35-16-24(32-34-35)41-27(37)30-20-9-11-29-12-10-20)26(36)31-21-14-19(28(2,3)4)15-22(25(21)40-5)33-42(6,38)39/h7-16,33H,1-6H3,(H,31,36)(H,29,30,37). The topological polar surface area (TPSA) is 166 Å². The van der Waals surface area contributed by atoms with E-state index in [-0.39, 0.29) is 28.3 Å². The molecule has 4 rings (SSSR count). The van der Waals surface area contributed by atoms with Crippen molar-refractivity contribution in [3.63, 3.8) is 0 Å². The lowest BCUT2D eigenvalue weighted by molar-refractivity contribution is 0.102. The van der Waals surface area contributed by atoms with Crippen molar-refractivity contribution in [2.75, 3.05) is 28.7 Å². The summed E-state index contributed by atoms with van der Waals surface area (Å²) in [7, 11) is -2.24. The second-order valence-corrected chi connectivity index (χ2v) is 12.2. The highest BCUT2D eigenvalue weighted by Crippen LogP contribution is 2.39. The summed E-state index contributed by atoms with van der Waals surface area (Å²) in [5.41, 5.74) is 2.99. The summed E-state index contributed by atoms with van der Waals surface area (Å²) in [5.74, 6) is -0.359. The van der Waals surface area contributed by atoms with Crippen molar-refractivity contribution in [2.45, 2.75) is 33.1 Å². The van der Waals surface area contributed by atoms with Crippen LogP contribution in [0.25, 0.3) is 5.69 Å². The molecule has 0 spiro atoms. The zero-order chi connectivity index (χ0) is 30.7. The largest absolute Gasteiger partial charge is 0.492 e. The van der Waals surface area contributed by atoms with Crippen molar-refractivity contribution in [2.24, 2.45) is 0 Å². The van der Waals surface area contributed by atoms with Gasteiger partial charge in [0.2, 0.25) is 10.0 Å². The van der Waals surface area contributed by atoms with Crippen LogP contribution < -0.4 is 24.8 Å². The second kappa shape index (κ2) is 11.9. The van der Waals surface area contributed by atoms with E-state index in [4.69, 9.17) is 9.47 Å². The molecule has 220 valence electrons. The molecule has 0 radical (unpaired) electrons. The number of hydrogen-bond acceptors (Lipinski definition) is 9. The van der Waals surface area contributed by atoms with E-state index in [1.54, 1.807) is 42.5 Å². The molecule has 0 saturated heterocycles. The number of amides is 2. The van der Waals surface area contributed by atoms with Gasteiger partial charge in [0.25, 0.3) is 11.8 Å². The number of benzene rings is 2. The molecule has 14 heteroatoms. The summed E-state index contributed by atoms with van der Waals surface area (Å²) < 4.78 is 38.6. The number of ether oxygens (including phenoxy) is 2. The number of aromatic nitrogens is 4. The number of nitrogens with one attached hydrogen (secondary N) is 3. The van der Waals surface area contributed by atoms with Gasteiger partial charge in [0.05, 0.1) is 36.6 Å². The number of hydrogen-bond donors (Lipinski definition) is 3. The lowest BCUT2D eigenvalue weighted by Crippen LogP contribution is -2.18. The van der Waals surface area contributed by atoms with Gasteiger partial charge in [-0.3, -0.25) is 19.8 Å². The number of rotatable bonds is 8. The molecule has 2 amide bonds. The fourth-order valence-electron chi connectivity index (χ4n) is 3.93. The van der Waals surface area contributed by atoms with Crippen molar-refractivity contribution in [3.8, 4) is 17.3 Å². The first-order valence-corrected chi connectivity index (χ1v) is 14.6. The van der Waals surface area contributed by atoms with E-state index in [0.29, 0.717) is 17.1 Å². The van der Waals surface area contributed by atoms with Gasteiger partial charge in [-0.15, -0.1) is 0 Å². The number of carbonyl (C=O) groups is 2. The van der Waals surface area contributed by atoms with Crippen molar-refractivity contribution in [1.29, 1.82) is 0 Å². The first-order chi connectivity index (χ1) is 19.7. The van der Waals surface area contributed by atoms with Crippen LogP contribution in [0.2, 0.25) is 0 Å². The molecule has 2 aromatic carbocycles. The Morgan fingerprint density at radius 1 is 0.976 bits per heavy atom. The Hall–Kier alpha value is -4.98. The molecular weight excluding hydrogens is 562 g/mol. The minimum absolute atomic E-state index is 0.0505. The third kappa shape index (κ3) is 7.40. The summed E-state index contributed by atoms with van der Waals surface area (Å²) >= 11 is 0. The van der Waals surface area contributed by atoms with Crippen LogP contribution in [0.15, 0.2) is 61.1 Å². The molecular formula is C28H31N7O6S.